The van der Waals surface area contributed by atoms with Gasteiger partial charge in [-0.3, -0.25) is 15.4 Å². The number of hydrogen-bond donors (Lipinski definition) is 3. The van der Waals surface area contributed by atoms with Crippen LogP contribution in [-0.4, -0.2) is 25.7 Å². The minimum absolute atomic E-state index is 0.0139. The number of nitrogens with zero attached hydrogens (tertiary/aromatic N) is 1. The van der Waals surface area contributed by atoms with E-state index in [2.05, 4.69) is 10.3 Å². The summed E-state index contributed by atoms with van der Waals surface area (Å²) in [7, 11) is 0. The molecule has 11 heteroatoms. The molecule has 1 heterocycles. The average Bonchev–Trinajstić information content (AvgIpc) is 2.97. The third kappa shape index (κ3) is 4.66. The number of urea groups is 1. The van der Waals surface area contributed by atoms with Crippen LogP contribution in [0.1, 0.15) is 15.9 Å². The number of amides is 3. The summed E-state index contributed by atoms with van der Waals surface area (Å²) in [6.45, 7) is 0. The van der Waals surface area contributed by atoms with E-state index < -0.39 is 28.8 Å². The van der Waals surface area contributed by atoms with Gasteiger partial charge in [-0.25, -0.2) is 18.4 Å². The second-order valence-electron chi connectivity index (χ2n) is 5.30. The minimum atomic E-state index is -1.96. The van der Waals surface area contributed by atoms with Gasteiger partial charge in [0.25, 0.3) is 5.91 Å². The summed E-state index contributed by atoms with van der Waals surface area (Å²) in [6, 6.07) is 7.86. The summed E-state index contributed by atoms with van der Waals surface area (Å²) in [5, 5.41) is 4.31. The Kier molecular flexibility index (Phi) is 5.80. The topological polar surface area (TPSA) is 108 Å². The number of nitrogens with one attached hydrogen (secondary N) is 2. The van der Waals surface area contributed by atoms with Crippen LogP contribution in [0.5, 0.6) is 0 Å². The highest BCUT2D eigenvalue weighted by molar-refractivity contribution is 7.78. The number of fused-ring (bicyclic) bond motifs is 1. The summed E-state index contributed by atoms with van der Waals surface area (Å²) < 4.78 is 33.9. The zero-order valence-corrected chi connectivity index (χ0v) is 15.8. The van der Waals surface area contributed by atoms with Gasteiger partial charge in [0, 0.05) is 0 Å². The summed E-state index contributed by atoms with van der Waals surface area (Å²) in [5.41, 5.74) is 1.07. The van der Waals surface area contributed by atoms with Gasteiger partial charge >= 0.3 is 6.03 Å². The normalized spacial score (nSPS) is 12.0. The van der Waals surface area contributed by atoms with Gasteiger partial charge in [-0.05, 0) is 29.8 Å². The lowest BCUT2D eigenvalue weighted by Crippen LogP contribution is -2.34. The number of carbonyl (C=O) groups is 2. The summed E-state index contributed by atoms with van der Waals surface area (Å²) in [6.07, 6.45) is 0. The third-order valence-corrected chi connectivity index (χ3v) is 5.28. The monoisotopic (exact) mass is 427 g/mol. The summed E-state index contributed by atoms with van der Waals surface area (Å²) in [4.78, 5) is 28.2. The molecule has 0 bridgehead atoms. The van der Waals surface area contributed by atoms with Crippen LogP contribution in [0.15, 0.2) is 36.4 Å². The zero-order valence-electron chi connectivity index (χ0n) is 13.4. The molecule has 7 nitrogen and oxygen atoms in total. The Morgan fingerprint density at radius 3 is 2.81 bits per heavy atom. The van der Waals surface area contributed by atoms with Gasteiger partial charge in [-0.2, -0.15) is 0 Å². The Labute approximate surface area is 163 Å². The molecule has 0 aliphatic heterocycles. The molecule has 3 rings (SSSR count). The van der Waals surface area contributed by atoms with Crippen LogP contribution in [-0.2, 0) is 16.8 Å². The second-order valence-corrected chi connectivity index (χ2v) is 7.64. The van der Waals surface area contributed by atoms with Crippen molar-refractivity contribution >= 4 is 61.3 Å². The van der Waals surface area contributed by atoms with E-state index >= 15 is 0 Å². The number of thiazole rings is 1. The molecule has 3 N–H and O–H groups in total. The molecule has 1 unspecified atom stereocenters. The predicted molar refractivity (Wildman–Crippen MR) is 102 cm³/mol. The first-order valence-corrected chi connectivity index (χ1v) is 9.84. The highest BCUT2D eigenvalue weighted by Crippen LogP contribution is 2.27. The number of carbonyl (C=O) groups excluding carboxylic acids is 2. The lowest BCUT2D eigenvalue weighted by atomic mass is 10.2. The van der Waals surface area contributed by atoms with Crippen molar-refractivity contribution in [2.75, 3.05) is 5.32 Å². The molecule has 1 aromatic heterocycles. The van der Waals surface area contributed by atoms with Crippen molar-refractivity contribution in [2.24, 2.45) is 0 Å². The highest BCUT2D eigenvalue weighted by Gasteiger charge is 2.17. The van der Waals surface area contributed by atoms with E-state index in [1.807, 2.05) is 5.32 Å². The Hall–Kier alpha value is -2.40. The van der Waals surface area contributed by atoms with E-state index in [-0.39, 0.29) is 21.5 Å². The smallest absolute Gasteiger partial charge is 0.306 e. The van der Waals surface area contributed by atoms with Crippen LogP contribution >= 0.6 is 22.9 Å². The fourth-order valence-electron chi connectivity index (χ4n) is 2.23. The van der Waals surface area contributed by atoms with E-state index in [4.69, 9.17) is 16.2 Å². The number of rotatable bonds is 4. The van der Waals surface area contributed by atoms with Crippen LogP contribution < -0.4 is 10.6 Å². The van der Waals surface area contributed by atoms with Crippen molar-refractivity contribution in [2.45, 2.75) is 5.75 Å². The van der Waals surface area contributed by atoms with E-state index in [1.54, 1.807) is 18.2 Å². The minimum Gasteiger partial charge on any atom is -0.306 e. The molecular formula is C16H11ClFN3O4S2. The van der Waals surface area contributed by atoms with E-state index in [0.717, 1.165) is 17.4 Å². The molecule has 0 aliphatic carbocycles. The molecule has 0 aliphatic rings. The highest BCUT2D eigenvalue weighted by atomic mass is 35.5. The molecule has 2 aromatic carbocycles. The molecule has 0 saturated carbocycles. The molecule has 140 valence electrons. The first-order chi connectivity index (χ1) is 12.8. The fraction of sp³-hybridized carbons (Fsp3) is 0.0625. The maximum atomic E-state index is 13.4. The van der Waals surface area contributed by atoms with E-state index in [0.29, 0.717) is 15.8 Å². The molecular weight excluding hydrogens is 417 g/mol. The van der Waals surface area contributed by atoms with Gasteiger partial charge in [0.05, 0.1) is 26.6 Å². The molecule has 0 radical (unpaired) electrons. The van der Waals surface area contributed by atoms with Crippen LogP contribution in [0.25, 0.3) is 10.2 Å². The van der Waals surface area contributed by atoms with Crippen molar-refractivity contribution < 1.29 is 22.7 Å². The van der Waals surface area contributed by atoms with Crippen molar-refractivity contribution in [3.8, 4) is 0 Å². The maximum absolute atomic E-state index is 13.4. The number of benzene rings is 2. The Balaban J connectivity index is 1.71. The van der Waals surface area contributed by atoms with Crippen LogP contribution in [0, 0.1) is 5.82 Å². The molecule has 0 fully saturated rings. The Bertz CT molecular complexity index is 1070. The van der Waals surface area contributed by atoms with Crippen LogP contribution in [0.3, 0.4) is 0 Å². The van der Waals surface area contributed by atoms with Gasteiger partial charge < -0.3 is 4.55 Å². The molecule has 1 atom stereocenters. The molecule has 3 amide bonds. The lowest BCUT2D eigenvalue weighted by Gasteiger charge is -2.06. The lowest BCUT2D eigenvalue weighted by molar-refractivity contribution is 0.0967. The summed E-state index contributed by atoms with van der Waals surface area (Å²) >= 11 is 4.89. The Morgan fingerprint density at radius 2 is 2.07 bits per heavy atom. The number of imide groups is 1. The van der Waals surface area contributed by atoms with Gasteiger partial charge in [0.2, 0.25) is 0 Å². The van der Waals surface area contributed by atoms with Crippen molar-refractivity contribution in [1.29, 1.82) is 0 Å². The number of hydrogen-bond acceptors (Lipinski definition) is 5. The average molecular weight is 428 g/mol. The summed E-state index contributed by atoms with van der Waals surface area (Å²) in [5.74, 6) is -1.64. The zero-order chi connectivity index (χ0) is 19.6. The van der Waals surface area contributed by atoms with Crippen molar-refractivity contribution in [1.82, 2.24) is 10.3 Å². The van der Waals surface area contributed by atoms with Gasteiger partial charge in [-0.1, -0.05) is 35.1 Å². The number of aromatic nitrogens is 1. The third-order valence-electron chi connectivity index (χ3n) is 3.39. The van der Waals surface area contributed by atoms with E-state index in [9.17, 15) is 18.2 Å². The molecule has 3 aromatic rings. The van der Waals surface area contributed by atoms with Crippen molar-refractivity contribution in [3.63, 3.8) is 0 Å². The standard InChI is InChI=1S/C16H11ClFN3O4S2/c17-13-9(2-1-3-10(13)18)14(22)20-15(23)21-16-19-11-5-4-8(7-27(24)25)6-12(11)26-16/h1-6H,7H2,(H,24,25)(H2,19,20,21,22,23). The number of anilines is 1. The number of halogens is 2. The van der Waals surface area contributed by atoms with Crippen LogP contribution in [0.4, 0.5) is 14.3 Å². The maximum Gasteiger partial charge on any atom is 0.327 e. The molecule has 0 spiro atoms. The molecule has 27 heavy (non-hydrogen) atoms. The van der Waals surface area contributed by atoms with E-state index in [1.165, 1.54) is 12.1 Å². The van der Waals surface area contributed by atoms with Gasteiger partial charge in [-0.15, -0.1) is 0 Å². The largest absolute Gasteiger partial charge is 0.327 e. The quantitative estimate of drug-likeness (QED) is 0.549. The fourth-order valence-corrected chi connectivity index (χ4v) is 3.83. The van der Waals surface area contributed by atoms with Gasteiger partial charge in [0.15, 0.2) is 16.2 Å². The van der Waals surface area contributed by atoms with Crippen LogP contribution in [0.2, 0.25) is 5.02 Å². The van der Waals surface area contributed by atoms with Gasteiger partial charge in [0.1, 0.15) is 5.82 Å². The first kappa shape index (κ1) is 19.4. The predicted octanol–water partition coefficient (Wildman–Crippen LogP) is 3.77. The first-order valence-electron chi connectivity index (χ1n) is 7.37. The Morgan fingerprint density at radius 1 is 1.30 bits per heavy atom. The second kappa shape index (κ2) is 8.09. The molecule has 0 saturated heterocycles. The van der Waals surface area contributed by atoms with Crippen molar-refractivity contribution in [3.05, 3.63) is 58.4 Å². The SMILES string of the molecule is O=C(NC(=O)c1cccc(F)c1Cl)Nc1nc2ccc(CS(=O)O)cc2s1.